The third kappa shape index (κ3) is 4.13. The molecule has 8 nitrogen and oxygen atoms in total. The van der Waals surface area contributed by atoms with Crippen LogP contribution in [0.4, 0.5) is 11.5 Å². The number of rotatable bonds is 6. The number of anilines is 2. The van der Waals surface area contributed by atoms with Gasteiger partial charge in [-0.3, -0.25) is 20.6 Å². The lowest BCUT2D eigenvalue weighted by Gasteiger charge is -2.12. The second-order valence-corrected chi connectivity index (χ2v) is 4.71. The number of aromatic nitrogens is 3. The molecule has 116 valence electrons. The number of nitrogens with one attached hydrogen (secondary N) is 3. The number of hydrogen-bond donors (Lipinski definition) is 4. The smallest absolute Gasteiger partial charge is 0.271 e. The van der Waals surface area contributed by atoms with E-state index in [1.54, 1.807) is 38.4 Å². The Morgan fingerprint density at radius 1 is 1.41 bits per heavy atom. The van der Waals surface area contributed by atoms with Gasteiger partial charge in [0.2, 0.25) is 0 Å². The molecule has 2 aromatic rings. The number of aliphatic hydroxyl groups excluding tert-OH is 1. The zero-order valence-electron chi connectivity index (χ0n) is 12.4. The Morgan fingerprint density at radius 3 is 2.86 bits per heavy atom. The predicted octanol–water partition coefficient (Wildman–Crippen LogP) is 0.593. The van der Waals surface area contributed by atoms with Gasteiger partial charge in [-0.05, 0) is 19.1 Å². The van der Waals surface area contributed by atoms with Crippen molar-refractivity contribution in [2.24, 2.45) is 0 Å². The molecule has 0 saturated heterocycles. The molecule has 0 aliphatic heterocycles. The fraction of sp³-hybridized carbons (Fsp3) is 0.286. The second-order valence-electron chi connectivity index (χ2n) is 4.71. The summed E-state index contributed by atoms with van der Waals surface area (Å²) in [6, 6.07) is 5.04. The van der Waals surface area contributed by atoms with Crippen LogP contribution in [0.15, 0.2) is 30.6 Å². The summed E-state index contributed by atoms with van der Waals surface area (Å²) in [4.78, 5) is 15.8. The number of carbonyl (C=O) groups is 1. The first kappa shape index (κ1) is 15.6. The molecule has 1 atom stereocenters. The molecule has 0 spiro atoms. The van der Waals surface area contributed by atoms with E-state index < -0.39 is 6.10 Å². The Balaban J connectivity index is 2.03. The van der Waals surface area contributed by atoms with Gasteiger partial charge in [0.25, 0.3) is 5.91 Å². The maximum absolute atomic E-state index is 11.9. The van der Waals surface area contributed by atoms with Gasteiger partial charge >= 0.3 is 0 Å². The van der Waals surface area contributed by atoms with Crippen molar-refractivity contribution in [3.63, 3.8) is 0 Å². The Morgan fingerprint density at radius 2 is 2.23 bits per heavy atom. The van der Waals surface area contributed by atoms with E-state index >= 15 is 0 Å². The van der Waals surface area contributed by atoms with Gasteiger partial charge in [-0.1, -0.05) is 0 Å². The molecule has 1 unspecified atom stereocenters. The quantitative estimate of drug-likeness (QED) is 0.578. The highest BCUT2D eigenvalue weighted by molar-refractivity contribution is 5.94. The molecule has 0 aromatic carbocycles. The molecule has 2 aromatic heterocycles. The van der Waals surface area contributed by atoms with Crippen LogP contribution in [0.5, 0.6) is 0 Å². The van der Waals surface area contributed by atoms with Crippen LogP contribution in [0, 0.1) is 0 Å². The Bertz CT molecular complexity index is 632. The standard InChI is InChI=1S/C14H18N6O2/c1-9(21)6-12-11(15-2)7-13(18-17-12)19-20-14(22)10-4-3-5-16-8-10/h3-5,7-9,21H,6H2,1-2H3,(H,20,22)(H2,15,18,19). The molecule has 0 bridgehead atoms. The number of aliphatic hydroxyl groups is 1. The minimum atomic E-state index is -0.509. The maximum Gasteiger partial charge on any atom is 0.271 e. The van der Waals surface area contributed by atoms with Gasteiger partial charge < -0.3 is 10.4 Å². The zero-order chi connectivity index (χ0) is 15.9. The van der Waals surface area contributed by atoms with Crippen LogP contribution < -0.4 is 16.2 Å². The summed E-state index contributed by atoms with van der Waals surface area (Å²) < 4.78 is 0. The van der Waals surface area contributed by atoms with Crippen molar-refractivity contribution in [3.8, 4) is 0 Å². The first-order valence-corrected chi connectivity index (χ1v) is 6.79. The Labute approximate surface area is 128 Å². The minimum Gasteiger partial charge on any atom is -0.393 e. The van der Waals surface area contributed by atoms with Gasteiger partial charge in [0.1, 0.15) is 0 Å². The van der Waals surface area contributed by atoms with Crippen molar-refractivity contribution in [2.75, 3.05) is 17.8 Å². The summed E-state index contributed by atoms with van der Waals surface area (Å²) in [7, 11) is 1.75. The van der Waals surface area contributed by atoms with Crippen molar-refractivity contribution in [3.05, 3.63) is 41.9 Å². The molecule has 0 fully saturated rings. The third-order valence-corrected chi connectivity index (χ3v) is 2.86. The van der Waals surface area contributed by atoms with Crippen molar-refractivity contribution in [1.82, 2.24) is 20.6 Å². The highest BCUT2D eigenvalue weighted by atomic mass is 16.3. The highest BCUT2D eigenvalue weighted by Gasteiger charge is 2.10. The molecule has 4 N–H and O–H groups in total. The van der Waals surface area contributed by atoms with Gasteiger partial charge in [-0.2, -0.15) is 5.10 Å². The minimum absolute atomic E-state index is 0.325. The van der Waals surface area contributed by atoms with Crippen LogP contribution in [-0.2, 0) is 6.42 Å². The lowest BCUT2D eigenvalue weighted by Crippen LogP contribution is -2.30. The second kappa shape index (κ2) is 7.32. The van der Waals surface area contributed by atoms with Crippen LogP contribution >= 0.6 is 0 Å². The van der Waals surface area contributed by atoms with Gasteiger partial charge in [-0.15, -0.1) is 5.10 Å². The summed E-state index contributed by atoms with van der Waals surface area (Å²) in [6.07, 6.45) is 2.94. The van der Waals surface area contributed by atoms with E-state index in [-0.39, 0.29) is 5.91 Å². The molecule has 1 amide bonds. The van der Waals surface area contributed by atoms with Gasteiger partial charge in [0, 0.05) is 31.9 Å². The van der Waals surface area contributed by atoms with Crippen molar-refractivity contribution >= 4 is 17.4 Å². The molecular weight excluding hydrogens is 284 g/mol. The van der Waals surface area contributed by atoms with E-state index in [0.29, 0.717) is 23.5 Å². The summed E-state index contributed by atoms with van der Waals surface area (Å²) in [5.41, 5.74) is 7.03. The number of pyridine rings is 1. The normalized spacial score (nSPS) is 11.6. The number of carbonyl (C=O) groups excluding carboxylic acids is 1. The molecule has 0 aliphatic carbocycles. The molecular formula is C14H18N6O2. The van der Waals surface area contributed by atoms with E-state index in [0.717, 1.165) is 5.69 Å². The molecule has 2 rings (SSSR count). The van der Waals surface area contributed by atoms with Crippen LogP contribution in [-0.4, -0.2) is 39.3 Å². The number of nitrogens with zero attached hydrogens (tertiary/aromatic N) is 3. The van der Waals surface area contributed by atoms with E-state index in [2.05, 4.69) is 31.3 Å². The van der Waals surface area contributed by atoms with E-state index in [4.69, 9.17) is 0 Å². The van der Waals surface area contributed by atoms with Crippen LogP contribution in [0.1, 0.15) is 23.0 Å². The third-order valence-electron chi connectivity index (χ3n) is 2.86. The summed E-state index contributed by atoms with van der Waals surface area (Å²) in [5.74, 6) is 0.0601. The average molecular weight is 302 g/mol. The summed E-state index contributed by atoms with van der Waals surface area (Å²) in [5, 5.41) is 20.4. The van der Waals surface area contributed by atoms with Crippen molar-refractivity contribution in [2.45, 2.75) is 19.4 Å². The van der Waals surface area contributed by atoms with Crippen LogP contribution in [0.25, 0.3) is 0 Å². The SMILES string of the molecule is CNc1cc(NNC(=O)c2cccnc2)nnc1CC(C)O. The predicted molar refractivity (Wildman–Crippen MR) is 82.3 cm³/mol. The monoisotopic (exact) mass is 302 g/mol. The molecule has 0 radical (unpaired) electrons. The van der Waals surface area contributed by atoms with E-state index in [1.165, 1.54) is 6.20 Å². The average Bonchev–Trinajstić information content (AvgIpc) is 2.54. The van der Waals surface area contributed by atoms with E-state index in [9.17, 15) is 9.90 Å². The van der Waals surface area contributed by atoms with E-state index in [1.807, 2.05) is 0 Å². The van der Waals surface area contributed by atoms with Crippen molar-refractivity contribution < 1.29 is 9.90 Å². The highest BCUT2D eigenvalue weighted by Crippen LogP contribution is 2.16. The molecule has 8 heteroatoms. The first-order chi connectivity index (χ1) is 10.6. The zero-order valence-corrected chi connectivity index (χ0v) is 12.4. The largest absolute Gasteiger partial charge is 0.393 e. The molecule has 0 aliphatic rings. The summed E-state index contributed by atoms with van der Waals surface area (Å²) >= 11 is 0. The van der Waals surface area contributed by atoms with Gasteiger partial charge in [0.05, 0.1) is 23.0 Å². The van der Waals surface area contributed by atoms with Crippen molar-refractivity contribution in [1.29, 1.82) is 0 Å². The molecule has 0 saturated carbocycles. The lowest BCUT2D eigenvalue weighted by atomic mass is 10.2. The van der Waals surface area contributed by atoms with Crippen LogP contribution in [0.2, 0.25) is 0 Å². The van der Waals surface area contributed by atoms with Gasteiger partial charge in [-0.25, -0.2) is 0 Å². The molecule has 2 heterocycles. The van der Waals surface area contributed by atoms with Gasteiger partial charge in [0.15, 0.2) is 5.82 Å². The maximum atomic E-state index is 11.9. The topological polar surface area (TPSA) is 112 Å². The fourth-order valence-electron chi connectivity index (χ4n) is 1.82. The van der Waals surface area contributed by atoms with Crippen LogP contribution in [0.3, 0.4) is 0 Å². The summed E-state index contributed by atoms with van der Waals surface area (Å²) in [6.45, 7) is 1.68. The lowest BCUT2D eigenvalue weighted by molar-refractivity contribution is 0.0962. The number of amides is 1. The number of hydrazine groups is 1. The number of hydrogen-bond acceptors (Lipinski definition) is 7. The fourth-order valence-corrected chi connectivity index (χ4v) is 1.82. The molecule has 22 heavy (non-hydrogen) atoms. The Hall–Kier alpha value is -2.74. The first-order valence-electron chi connectivity index (χ1n) is 6.79. The Kier molecular flexibility index (Phi) is 5.21.